The first-order chi connectivity index (χ1) is 6.97. The normalized spacial score (nSPS) is 15.3. The molecule has 0 bridgehead atoms. The number of carbonyl (C=O) groups is 1. The molecule has 0 unspecified atom stereocenters. The fraction of sp³-hybridized carbons (Fsp3) is 0.182. The van der Waals surface area contributed by atoms with Crippen LogP contribution in [0.5, 0.6) is 0 Å². The van der Waals surface area contributed by atoms with E-state index in [9.17, 15) is 18.0 Å². The van der Waals surface area contributed by atoms with Crippen LogP contribution in [0.3, 0.4) is 0 Å². The first-order valence-electron chi connectivity index (χ1n) is 4.38. The van der Waals surface area contributed by atoms with Crippen LogP contribution in [0.1, 0.15) is 16.7 Å². The molecule has 1 aliphatic rings. The zero-order chi connectivity index (χ0) is 11.1. The number of rotatable bonds is 0. The van der Waals surface area contributed by atoms with Gasteiger partial charge in [-0.25, -0.2) is 0 Å². The van der Waals surface area contributed by atoms with Crippen LogP contribution in [0.25, 0.3) is 6.08 Å². The van der Waals surface area contributed by atoms with E-state index >= 15 is 0 Å². The number of alkyl halides is 3. The smallest absolute Gasteiger partial charge is 0.294 e. The minimum atomic E-state index is -4.35. The maximum atomic E-state index is 12.4. The van der Waals surface area contributed by atoms with Gasteiger partial charge in [0.2, 0.25) is 0 Å². The SMILES string of the molecule is O=C1C=Cc2ccc(C(F)(F)F)cc2C1. The van der Waals surface area contributed by atoms with Crippen molar-refractivity contribution in [3.05, 3.63) is 41.0 Å². The second kappa shape index (κ2) is 3.22. The Morgan fingerprint density at radius 2 is 1.87 bits per heavy atom. The quantitative estimate of drug-likeness (QED) is 0.646. The first-order valence-corrected chi connectivity index (χ1v) is 4.38. The molecule has 4 heteroatoms. The molecule has 0 N–H and O–H groups in total. The molecular weight excluding hydrogens is 205 g/mol. The Morgan fingerprint density at radius 1 is 1.13 bits per heavy atom. The van der Waals surface area contributed by atoms with Gasteiger partial charge in [-0.2, -0.15) is 13.2 Å². The van der Waals surface area contributed by atoms with E-state index in [0.717, 1.165) is 12.1 Å². The molecule has 0 atom stereocenters. The number of fused-ring (bicyclic) bond motifs is 1. The van der Waals surface area contributed by atoms with Gasteiger partial charge in [0.05, 0.1) is 5.56 Å². The Kier molecular flexibility index (Phi) is 2.14. The van der Waals surface area contributed by atoms with Gasteiger partial charge in [0.25, 0.3) is 0 Å². The van der Waals surface area contributed by atoms with Crippen LogP contribution in [0.2, 0.25) is 0 Å². The van der Waals surface area contributed by atoms with Gasteiger partial charge >= 0.3 is 6.18 Å². The number of hydrogen-bond acceptors (Lipinski definition) is 1. The standard InChI is InChI=1S/C11H7F3O/c12-11(13,14)9-3-1-7-2-4-10(15)6-8(7)5-9/h1-5H,6H2. The Labute approximate surface area is 84.2 Å². The summed E-state index contributed by atoms with van der Waals surface area (Å²) in [5, 5.41) is 0. The highest BCUT2D eigenvalue weighted by atomic mass is 19.4. The Balaban J connectivity index is 2.47. The molecule has 0 amide bonds. The van der Waals surface area contributed by atoms with Crippen molar-refractivity contribution in [3.63, 3.8) is 0 Å². The van der Waals surface area contributed by atoms with Gasteiger partial charge in [-0.1, -0.05) is 12.1 Å². The van der Waals surface area contributed by atoms with Gasteiger partial charge in [-0.05, 0) is 29.3 Å². The predicted molar refractivity (Wildman–Crippen MR) is 49.2 cm³/mol. The van der Waals surface area contributed by atoms with E-state index in [1.54, 1.807) is 6.08 Å². The third-order valence-electron chi connectivity index (χ3n) is 2.28. The lowest BCUT2D eigenvalue weighted by Gasteiger charge is -2.13. The maximum absolute atomic E-state index is 12.4. The summed E-state index contributed by atoms with van der Waals surface area (Å²) in [5.41, 5.74) is 0.421. The molecule has 1 nitrogen and oxygen atoms in total. The van der Waals surface area contributed by atoms with Crippen LogP contribution in [0.4, 0.5) is 13.2 Å². The molecule has 1 aromatic rings. The fourth-order valence-electron chi connectivity index (χ4n) is 1.53. The number of hydrogen-bond donors (Lipinski definition) is 0. The fourth-order valence-corrected chi connectivity index (χ4v) is 1.53. The van der Waals surface area contributed by atoms with Crippen LogP contribution < -0.4 is 0 Å². The van der Waals surface area contributed by atoms with E-state index in [1.807, 2.05) is 0 Å². The zero-order valence-corrected chi connectivity index (χ0v) is 7.64. The average Bonchev–Trinajstić information content (AvgIpc) is 2.15. The molecular formula is C11H7F3O. The van der Waals surface area contributed by atoms with Crippen LogP contribution in [-0.4, -0.2) is 5.78 Å². The van der Waals surface area contributed by atoms with Gasteiger partial charge in [-0.15, -0.1) is 0 Å². The summed E-state index contributed by atoms with van der Waals surface area (Å²) in [7, 11) is 0. The average molecular weight is 212 g/mol. The first kappa shape index (κ1) is 9.96. The Morgan fingerprint density at radius 3 is 2.53 bits per heavy atom. The van der Waals surface area contributed by atoms with Crippen molar-refractivity contribution >= 4 is 11.9 Å². The molecule has 0 aliphatic heterocycles. The van der Waals surface area contributed by atoms with Crippen molar-refractivity contribution < 1.29 is 18.0 Å². The molecule has 0 spiro atoms. The highest BCUT2D eigenvalue weighted by Crippen LogP contribution is 2.31. The summed E-state index contributed by atoms with van der Waals surface area (Å²) < 4.78 is 37.1. The largest absolute Gasteiger partial charge is 0.416 e. The molecule has 2 rings (SSSR count). The number of allylic oxidation sites excluding steroid dienone is 1. The Hall–Kier alpha value is -1.58. The highest BCUT2D eigenvalue weighted by molar-refractivity contribution is 5.98. The summed E-state index contributed by atoms with van der Waals surface area (Å²) in [4.78, 5) is 11.0. The number of carbonyl (C=O) groups excluding carboxylic acids is 1. The summed E-state index contributed by atoms with van der Waals surface area (Å²) in [6.07, 6.45) is -1.37. The summed E-state index contributed by atoms with van der Waals surface area (Å²) in [6.45, 7) is 0. The molecule has 78 valence electrons. The molecule has 0 saturated heterocycles. The molecule has 0 radical (unpaired) electrons. The predicted octanol–water partition coefficient (Wildman–Crippen LogP) is 2.84. The van der Waals surface area contributed by atoms with Crippen LogP contribution in [-0.2, 0) is 17.4 Å². The highest BCUT2D eigenvalue weighted by Gasteiger charge is 2.31. The number of benzene rings is 1. The second-order valence-electron chi connectivity index (χ2n) is 3.39. The summed E-state index contributed by atoms with van der Waals surface area (Å²) >= 11 is 0. The minimum Gasteiger partial charge on any atom is -0.294 e. The number of halogens is 3. The van der Waals surface area contributed by atoms with Crippen molar-refractivity contribution in [2.75, 3.05) is 0 Å². The molecule has 0 aromatic heterocycles. The van der Waals surface area contributed by atoms with Crippen LogP contribution in [0, 0.1) is 0 Å². The van der Waals surface area contributed by atoms with Crippen molar-refractivity contribution in [2.45, 2.75) is 12.6 Å². The van der Waals surface area contributed by atoms with Gasteiger partial charge < -0.3 is 0 Å². The minimum absolute atomic E-state index is 0.0513. The summed E-state index contributed by atoms with van der Waals surface area (Å²) in [6, 6.07) is 3.46. The molecule has 0 heterocycles. The summed E-state index contributed by atoms with van der Waals surface area (Å²) in [5.74, 6) is -0.165. The van der Waals surface area contributed by atoms with E-state index in [1.165, 1.54) is 12.1 Å². The van der Waals surface area contributed by atoms with E-state index < -0.39 is 11.7 Å². The molecule has 0 fully saturated rings. The Bertz CT molecular complexity index is 444. The lowest BCUT2D eigenvalue weighted by atomic mass is 9.94. The van der Waals surface area contributed by atoms with Gasteiger partial charge in [0.1, 0.15) is 0 Å². The topological polar surface area (TPSA) is 17.1 Å². The molecule has 1 aliphatic carbocycles. The van der Waals surface area contributed by atoms with Crippen molar-refractivity contribution in [1.82, 2.24) is 0 Å². The van der Waals surface area contributed by atoms with Crippen molar-refractivity contribution in [1.29, 1.82) is 0 Å². The molecule has 15 heavy (non-hydrogen) atoms. The van der Waals surface area contributed by atoms with E-state index in [0.29, 0.717) is 11.1 Å². The third kappa shape index (κ3) is 1.93. The van der Waals surface area contributed by atoms with Gasteiger partial charge in [-0.3, -0.25) is 4.79 Å². The third-order valence-corrected chi connectivity index (χ3v) is 2.28. The van der Waals surface area contributed by atoms with E-state index in [-0.39, 0.29) is 12.2 Å². The van der Waals surface area contributed by atoms with Gasteiger partial charge in [0.15, 0.2) is 5.78 Å². The van der Waals surface area contributed by atoms with Crippen LogP contribution in [0.15, 0.2) is 24.3 Å². The van der Waals surface area contributed by atoms with E-state index in [2.05, 4.69) is 0 Å². The van der Waals surface area contributed by atoms with Crippen LogP contribution >= 0.6 is 0 Å². The van der Waals surface area contributed by atoms with Crippen molar-refractivity contribution in [3.8, 4) is 0 Å². The second-order valence-corrected chi connectivity index (χ2v) is 3.39. The lowest BCUT2D eigenvalue weighted by molar-refractivity contribution is -0.137. The molecule has 0 saturated carbocycles. The monoisotopic (exact) mass is 212 g/mol. The lowest BCUT2D eigenvalue weighted by Crippen LogP contribution is -2.10. The van der Waals surface area contributed by atoms with Gasteiger partial charge in [0, 0.05) is 6.42 Å². The van der Waals surface area contributed by atoms with Crippen molar-refractivity contribution in [2.24, 2.45) is 0 Å². The number of ketones is 1. The maximum Gasteiger partial charge on any atom is 0.416 e. The zero-order valence-electron chi connectivity index (χ0n) is 7.64. The van der Waals surface area contributed by atoms with E-state index in [4.69, 9.17) is 0 Å². The molecule has 1 aromatic carbocycles.